The van der Waals surface area contributed by atoms with E-state index in [2.05, 4.69) is 4.98 Å². The van der Waals surface area contributed by atoms with E-state index in [-0.39, 0.29) is 11.7 Å². The van der Waals surface area contributed by atoms with Gasteiger partial charge in [0.2, 0.25) is 0 Å². The molecule has 0 saturated heterocycles. The van der Waals surface area contributed by atoms with Gasteiger partial charge in [-0.05, 0) is 39.0 Å². The lowest BCUT2D eigenvalue weighted by Crippen LogP contribution is -2.27. The lowest BCUT2D eigenvalue weighted by atomic mass is 10.1. The van der Waals surface area contributed by atoms with Crippen LogP contribution in [0.5, 0.6) is 5.88 Å². The maximum absolute atomic E-state index is 13.6. The highest BCUT2D eigenvalue weighted by molar-refractivity contribution is 6.17. The number of hydrogen-bond donors (Lipinski definition) is 1. The van der Waals surface area contributed by atoms with Crippen LogP contribution < -0.4 is 4.65 Å². The Kier molecular flexibility index (Phi) is 4.69. The van der Waals surface area contributed by atoms with E-state index >= 15 is 0 Å². The quantitative estimate of drug-likeness (QED) is 0.730. The van der Waals surface area contributed by atoms with Crippen molar-refractivity contribution in [2.75, 3.05) is 0 Å². The standard InChI is InChI=1S/C18H18BFN2O4/c1-18(2,3)25-17(23)22-14-7-8-21-16(11-5-4-6-12(20)9-11)13(14)10-15(22)26-19-24/h4-10,19,24H,1-3H3. The molecular weight excluding hydrogens is 338 g/mol. The Labute approximate surface area is 150 Å². The maximum Gasteiger partial charge on any atom is 0.505 e. The molecule has 0 atom stereocenters. The molecule has 2 heterocycles. The molecular formula is C18H18BFN2O4. The first-order valence-electron chi connectivity index (χ1n) is 8.03. The number of carbonyl (C=O) groups is 1. The summed E-state index contributed by atoms with van der Waals surface area (Å²) in [6.07, 6.45) is 0.874. The smallest absolute Gasteiger partial charge is 0.505 e. The Hall–Kier alpha value is -2.87. The third kappa shape index (κ3) is 3.55. The van der Waals surface area contributed by atoms with Crippen LogP contribution in [0, 0.1) is 5.82 Å². The number of rotatable bonds is 3. The van der Waals surface area contributed by atoms with Crippen molar-refractivity contribution in [3.8, 4) is 17.1 Å². The van der Waals surface area contributed by atoms with Crippen molar-refractivity contribution in [3.63, 3.8) is 0 Å². The van der Waals surface area contributed by atoms with Crippen LogP contribution in [0.15, 0.2) is 42.6 Å². The summed E-state index contributed by atoms with van der Waals surface area (Å²) in [6, 6.07) is 9.22. The summed E-state index contributed by atoms with van der Waals surface area (Å²) in [5, 5.41) is 9.73. The molecule has 0 aliphatic rings. The molecule has 6 nitrogen and oxygen atoms in total. The van der Waals surface area contributed by atoms with Crippen molar-refractivity contribution in [3.05, 3.63) is 48.4 Å². The second-order valence-corrected chi connectivity index (χ2v) is 6.67. The van der Waals surface area contributed by atoms with Gasteiger partial charge in [0, 0.05) is 23.2 Å². The van der Waals surface area contributed by atoms with E-state index in [1.165, 1.54) is 22.9 Å². The Morgan fingerprint density at radius 1 is 1.27 bits per heavy atom. The van der Waals surface area contributed by atoms with Crippen LogP contribution in [-0.4, -0.2) is 34.0 Å². The van der Waals surface area contributed by atoms with Crippen LogP contribution in [0.25, 0.3) is 22.2 Å². The Bertz CT molecular complexity index is 965. The van der Waals surface area contributed by atoms with Gasteiger partial charge in [-0.25, -0.2) is 13.8 Å². The van der Waals surface area contributed by atoms with Crippen molar-refractivity contribution in [2.24, 2.45) is 0 Å². The van der Waals surface area contributed by atoms with Gasteiger partial charge in [0.25, 0.3) is 0 Å². The number of hydrogen-bond acceptors (Lipinski definition) is 5. The number of aromatic nitrogens is 2. The van der Waals surface area contributed by atoms with E-state index in [1.807, 2.05) is 0 Å². The minimum absolute atomic E-state index is 0.113. The summed E-state index contributed by atoms with van der Waals surface area (Å²) < 4.78 is 25.4. The van der Waals surface area contributed by atoms with Gasteiger partial charge >= 0.3 is 13.8 Å². The van der Waals surface area contributed by atoms with Crippen LogP contribution >= 0.6 is 0 Å². The molecule has 0 aliphatic carbocycles. The fourth-order valence-electron chi connectivity index (χ4n) is 2.64. The van der Waals surface area contributed by atoms with Gasteiger partial charge in [0.1, 0.15) is 11.4 Å². The van der Waals surface area contributed by atoms with Crippen LogP contribution in [0.1, 0.15) is 20.8 Å². The minimum atomic E-state index is -0.706. The molecule has 0 saturated carbocycles. The number of carbonyl (C=O) groups excluding carboxylic acids is 1. The zero-order valence-corrected chi connectivity index (χ0v) is 14.7. The van der Waals surface area contributed by atoms with Gasteiger partial charge in [-0.3, -0.25) is 4.98 Å². The summed E-state index contributed by atoms with van der Waals surface area (Å²) in [4.78, 5) is 16.9. The molecule has 3 rings (SSSR count). The Morgan fingerprint density at radius 3 is 2.69 bits per heavy atom. The third-order valence-corrected chi connectivity index (χ3v) is 3.58. The van der Waals surface area contributed by atoms with Crippen LogP contribution in [0.2, 0.25) is 0 Å². The Balaban J connectivity index is 2.20. The molecule has 3 aromatic rings. The van der Waals surface area contributed by atoms with E-state index in [9.17, 15) is 9.18 Å². The molecule has 0 radical (unpaired) electrons. The fourth-order valence-corrected chi connectivity index (χ4v) is 2.64. The van der Waals surface area contributed by atoms with E-state index in [0.717, 1.165) is 0 Å². The van der Waals surface area contributed by atoms with Crippen molar-refractivity contribution in [2.45, 2.75) is 26.4 Å². The molecule has 8 heteroatoms. The summed E-state index contributed by atoms with van der Waals surface area (Å²) >= 11 is 0. The summed E-state index contributed by atoms with van der Waals surface area (Å²) in [6.45, 7) is 5.26. The highest BCUT2D eigenvalue weighted by atomic mass is 19.1. The number of ether oxygens (including phenoxy) is 1. The summed E-state index contributed by atoms with van der Waals surface area (Å²) in [7, 11) is -0.609. The van der Waals surface area contributed by atoms with Crippen molar-refractivity contribution in [1.29, 1.82) is 0 Å². The third-order valence-electron chi connectivity index (χ3n) is 3.58. The Morgan fingerprint density at radius 2 is 2.04 bits per heavy atom. The lowest BCUT2D eigenvalue weighted by Gasteiger charge is -2.20. The van der Waals surface area contributed by atoms with Gasteiger partial charge in [0.05, 0.1) is 11.2 Å². The highest BCUT2D eigenvalue weighted by Crippen LogP contribution is 2.33. The molecule has 1 aromatic carbocycles. The zero-order chi connectivity index (χ0) is 18.9. The first-order chi connectivity index (χ1) is 12.3. The van der Waals surface area contributed by atoms with E-state index in [0.29, 0.717) is 22.2 Å². The first kappa shape index (κ1) is 17.9. The number of fused-ring (bicyclic) bond motifs is 1. The van der Waals surface area contributed by atoms with Crippen molar-refractivity contribution < 1.29 is 23.6 Å². The van der Waals surface area contributed by atoms with Crippen molar-refractivity contribution in [1.82, 2.24) is 9.55 Å². The molecule has 2 aromatic heterocycles. The normalized spacial score (nSPS) is 11.4. The fraction of sp³-hybridized carbons (Fsp3) is 0.222. The molecule has 0 amide bonds. The zero-order valence-electron chi connectivity index (χ0n) is 14.7. The first-order valence-corrected chi connectivity index (χ1v) is 8.03. The van der Waals surface area contributed by atoms with Crippen LogP contribution in [-0.2, 0) is 4.74 Å². The molecule has 0 fully saturated rings. The van der Waals surface area contributed by atoms with E-state index in [1.54, 1.807) is 45.0 Å². The van der Waals surface area contributed by atoms with Crippen LogP contribution in [0.3, 0.4) is 0 Å². The molecule has 26 heavy (non-hydrogen) atoms. The van der Waals surface area contributed by atoms with Gasteiger partial charge in [-0.2, -0.15) is 0 Å². The number of nitrogens with zero attached hydrogens (tertiary/aromatic N) is 2. The molecule has 134 valence electrons. The second kappa shape index (κ2) is 6.80. The van der Waals surface area contributed by atoms with Gasteiger partial charge in [0.15, 0.2) is 5.88 Å². The predicted octanol–water partition coefficient (Wildman–Crippen LogP) is 3.26. The molecule has 1 N–H and O–H groups in total. The summed E-state index contributed by atoms with van der Waals surface area (Å²) in [5.41, 5.74) is 0.833. The second-order valence-electron chi connectivity index (χ2n) is 6.67. The van der Waals surface area contributed by atoms with Crippen LogP contribution in [0.4, 0.5) is 9.18 Å². The van der Waals surface area contributed by atoms with Gasteiger partial charge < -0.3 is 14.4 Å². The minimum Gasteiger partial charge on any atom is -0.526 e. The maximum atomic E-state index is 13.6. The average molecular weight is 356 g/mol. The van der Waals surface area contributed by atoms with Gasteiger partial charge in [-0.1, -0.05) is 12.1 Å². The molecule has 0 spiro atoms. The number of pyridine rings is 1. The molecule has 0 bridgehead atoms. The molecule has 0 aliphatic heterocycles. The largest absolute Gasteiger partial charge is 0.526 e. The molecule has 0 unspecified atom stereocenters. The van der Waals surface area contributed by atoms with E-state index < -0.39 is 19.4 Å². The van der Waals surface area contributed by atoms with Gasteiger partial charge in [-0.15, -0.1) is 0 Å². The monoisotopic (exact) mass is 356 g/mol. The lowest BCUT2D eigenvalue weighted by molar-refractivity contribution is 0.0537. The van der Waals surface area contributed by atoms with E-state index in [4.69, 9.17) is 14.4 Å². The summed E-state index contributed by atoms with van der Waals surface area (Å²) in [5.74, 6) is -0.276. The SMILES string of the molecule is CC(C)(C)OC(=O)n1c(OBO)cc2c(-c3cccc(F)c3)nccc21. The topological polar surface area (TPSA) is 73.6 Å². The number of halogens is 1. The average Bonchev–Trinajstić information content (AvgIpc) is 2.91. The van der Waals surface area contributed by atoms with Crippen molar-refractivity contribution >= 4 is 24.7 Å². The predicted molar refractivity (Wildman–Crippen MR) is 96.8 cm³/mol. The highest BCUT2D eigenvalue weighted by Gasteiger charge is 2.24. The number of benzene rings is 1.